The van der Waals surface area contributed by atoms with Crippen LogP contribution in [-0.4, -0.2) is 18.2 Å². The van der Waals surface area contributed by atoms with E-state index in [-0.39, 0.29) is 22.5 Å². The van der Waals surface area contributed by atoms with E-state index in [0.717, 1.165) is 0 Å². The van der Waals surface area contributed by atoms with Crippen LogP contribution in [0.25, 0.3) is 0 Å². The molecule has 1 aromatic heterocycles. The summed E-state index contributed by atoms with van der Waals surface area (Å²) < 4.78 is 66.8. The Bertz CT molecular complexity index is 817. The maximum Gasteiger partial charge on any atom is 0.267 e. The van der Waals surface area contributed by atoms with Gasteiger partial charge in [-0.3, -0.25) is 9.40 Å². The highest BCUT2D eigenvalue weighted by Gasteiger charge is 2.26. The lowest BCUT2D eigenvalue weighted by Gasteiger charge is -2.09. The van der Waals surface area contributed by atoms with Crippen LogP contribution in [0.5, 0.6) is 0 Å². The molecule has 0 bridgehead atoms. The minimum Gasteiger partial charge on any atom is -0.381 e. The van der Waals surface area contributed by atoms with Gasteiger partial charge >= 0.3 is 0 Å². The first-order chi connectivity index (χ1) is 9.63. The molecule has 0 amide bonds. The van der Waals surface area contributed by atoms with Crippen molar-refractivity contribution in [3.8, 4) is 0 Å². The van der Waals surface area contributed by atoms with Gasteiger partial charge in [-0.1, -0.05) is 0 Å². The number of benzene rings is 1. The standard InChI is InChI=1S/C11H11F3N4O2S/c1-5-10(11(15)16-18(5)2)21(19,20)17-9-4-7(13)6(12)3-8(9)14/h3-4,17H,1-2H3,(H2,15,16). The normalized spacial score (nSPS) is 11.7. The van der Waals surface area contributed by atoms with Crippen LogP contribution in [0.1, 0.15) is 5.69 Å². The van der Waals surface area contributed by atoms with Crippen LogP contribution in [0.3, 0.4) is 0 Å². The molecule has 2 aromatic rings. The van der Waals surface area contributed by atoms with Crippen molar-refractivity contribution in [3.05, 3.63) is 35.3 Å². The lowest BCUT2D eigenvalue weighted by atomic mass is 10.3. The molecule has 0 fully saturated rings. The number of nitrogens with zero attached hydrogens (tertiary/aromatic N) is 2. The molecule has 3 N–H and O–H groups in total. The monoisotopic (exact) mass is 320 g/mol. The number of sulfonamides is 1. The SMILES string of the molecule is Cc1c(S(=O)(=O)Nc2cc(F)c(F)cc2F)c(N)nn1C. The summed E-state index contributed by atoms with van der Waals surface area (Å²) in [5.74, 6) is -4.35. The second-order valence-corrected chi connectivity index (χ2v) is 5.89. The number of halogens is 3. The van der Waals surface area contributed by atoms with Crippen molar-refractivity contribution in [2.75, 3.05) is 10.5 Å². The Balaban J connectivity index is 2.50. The summed E-state index contributed by atoms with van der Waals surface area (Å²) in [5, 5.41) is 3.72. The Hall–Kier alpha value is -2.23. The number of nitrogens with one attached hydrogen (secondary N) is 1. The molecular formula is C11H11F3N4O2S. The van der Waals surface area contributed by atoms with E-state index in [4.69, 9.17) is 5.73 Å². The number of anilines is 2. The fraction of sp³-hybridized carbons (Fsp3) is 0.182. The molecule has 0 atom stereocenters. The number of nitrogens with two attached hydrogens (primary N) is 1. The van der Waals surface area contributed by atoms with Gasteiger partial charge in [0.2, 0.25) is 0 Å². The fourth-order valence-corrected chi connectivity index (χ4v) is 3.13. The summed E-state index contributed by atoms with van der Waals surface area (Å²) in [6, 6.07) is 0.650. The highest BCUT2D eigenvalue weighted by Crippen LogP contribution is 2.26. The van der Waals surface area contributed by atoms with Gasteiger partial charge in [0.1, 0.15) is 5.82 Å². The molecule has 0 aliphatic heterocycles. The summed E-state index contributed by atoms with van der Waals surface area (Å²) >= 11 is 0. The molecule has 21 heavy (non-hydrogen) atoms. The molecule has 0 saturated heterocycles. The first-order valence-electron chi connectivity index (χ1n) is 5.60. The molecular weight excluding hydrogens is 309 g/mol. The van der Waals surface area contributed by atoms with E-state index in [9.17, 15) is 21.6 Å². The number of hydrogen-bond acceptors (Lipinski definition) is 4. The van der Waals surface area contributed by atoms with E-state index >= 15 is 0 Å². The zero-order valence-electron chi connectivity index (χ0n) is 11.0. The molecule has 0 spiro atoms. The Morgan fingerprint density at radius 3 is 2.29 bits per heavy atom. The van der Waals surface area contributed by atoms with Gasteiger partial charge in [0.05, 0.1) is 11.4 Å². The number of hydrogen-bond donors (Lipinski definition) is 2. The molecule has 0 unspecified atom stereocenters. The van der Waals surface area contributed by atoms with Crippen LogP contribution < -0.4 is 10.5 Å². The fourth-order valence-electron chi connectivity index (χ4n) is 1.74. The zero-order valence-corrected chi connectivity index (χ0v) is 11.8. The first kappa shape index (κ1) is 15.2. The smallest absolute Gasteiger partial charge is 0.267 e. The molecule has 0 aliphatic carbocycles. The van der Waals surface area contributed by atoms with Gasteiger partial charge in [-0.05, 0) is 6.92 Å². The van der Waals surface area contributed by atoms with Crippen LogP contribution in [0, 0.1) is 24.4 Å². The Morgan fingerprint density at radius 1 is 1.19 bits per heavy atom. The lowest BCUT2D eigenvalue weighted by Crippen LogP contribution is -2.16. The summed E-state index contributed by atoms with van der Waals surface area (Å²) in [4.78, 5) is -0.353. The topological polar surface area (TPSA) is 90.0 Å². The third-order valence-corrected chi connectivity index (χ3v) is 4.36. The molecule has 2 rings (SSSR count). The van der Waals surface area contributed by atoms with Crippen LogP contribution in [0.2, 0.25) is 0 Å². The maximum absolute atomic E-state index is 13.5. The van der Waals surface area contributed by atoms with Gasteiger partial charge < -0.3 is 5.73 Å². The number of rotatable bonds is 3. The van der Waals surface area contributed by atoms with E-state index in [1.807, 2.05) is 4.72 Å². The predicted molar refractivity (Wildman–Crippen MR) is 69.5 cm³/mol. The molecule has 0 aliphatic rings. The van der Waals surface area contributed by atoms with Crippen molar-refractivity contribution in [1.29, 1.82) is 0 Å². The first-order valence-corrected chi connectivity index (χ1v) is 7.08. The second kappa shape index (κ2) is 4.95. The Labute approximate surface area is 118 Å². The summed E-state index contributed by atoms with van der Waals surface area (Å²) in [6.45, 7) is 1.44. The van der Waals surface area contributed by atoms with Gasteiger partial charge in [0.15, 0.2) is 22.3 Å². The van der Waals surface area contributed by atoms with Crippen molar-refractivity contribution in [2.24, 2.45) is 7.05 Å². The van der Waals surface area contributed by atoms with Gasteiger partial charge in [-0.15, -0.1) is 0 Å². The van der Waals surface area contributed by atoms with E-state index < -0.39 is 33.2 Å². The van der Waals surface area contributed by atoms with Gasteiger partial charge in [0.25, 0.3) is 10.0 Å². The number of aromatic nitrogens is 2. The Kier molecular flexibility index (Phi) is 3.58. The van der Waals surface area contributed by atoms with E-state index in [2.05, 4.69) is 5.10 Å². The Morgan fingerprint density at radius 2 is 1.76 bits per heavy atom. The minimum atomic E-state index is -4.29. The van der Waals surface area contributed by atoms with Crippen LogP contribution in [0.15, 0.2) is 17.0 Å². The molecule has 10 heteroatoms. The van der Waals surface area contributed by atoms with Crippen molar-refractivity contribution >= 4 is 21.5 Å². The highest BCUT2D eigenvalue weighted by molar-refractivity contribution is 7.93. The third kappa shape index (κ3) is 2.66. The average Bonchev–Trinajstić information content (AvgIpc) is 2.60. The average molecular weight is 320 g/mol. The van der Waals surface area contributed by atoms with Crippen molar-refractivity contribution in [2.45, 2.75) is 11.8 Å². The quantitative estimate of drug-likeness (QED) is 0.839. The van der Waals surface area contributed by atoms with Crippen LogP contribution in [0.4, 0.5) is 24.7 Å². The maximum atomic E-state index is 13.5. The van der Waals surface area contributed by atoms with Gasteiger partial charge in [-0.25, -0.2) is 21.6 Å². The van der Waals surface area contributed by atoms with E-state index in [0.29, 0.717) is 6.07 Å². The second-order valence-electron chi connectivity index (χ2n) is 4.28. The summed E-state index contributed by atoms with van der Waals surface area (Å²) in [5.41, 5.74) is 4.98. The number of nitrogen functional groups attached to an aromatic ring is 1. The summed E-state index contributed by atoms with van der Waals surface area (Å²) in [6.07, 6.45) is 0. The highest BCUT2D eigenvalue weighted by atomic mass is 32.2. The molecule has 1 heterocycles. The largest absolute Gasteiger partial charge is 0.381 e. The molecule has 6 nitrogen and oxygen atoms in total. The number of aryl methyl sites for hydroxylation is 1. The van der Waals surface area contributed by atoms with E-state index in [1.54, 1.807) is 0 Å². The van der Waals surface area contributed by atoms with Crippen LogP contribution in [-0.2, 0) is 17.1 Å². The van der Waals surface area contributed by atoms with Crippen molar-refractivity contribution < 1.29 is 21.6 Å². The third-order valence-electron chi connectivity index (χ3n) is 2.83. The van der Waals surface area contributed by atoms with Gasteiger partial charge in [0, 0.05) is 19.2 Å². The minimum absolute atomic E-state index is 0.211. The van der Waals surface area contributed by atoms with E-state index in [1.165, 1.54) is 18.7 Å². The molecule has 0 saturated carbocycles. The van der Waals surface area contributed by atoms with Crippen LogP contribution >= 0.6 is 0 Å². The predicted octanol–water partition coefficient (Wildman–Crippen LogP) is 1.53. The zero-order chi connectivity index (χ0) is 15.9. The molecule has 0 radical (unpaired) electrons. The van der Waals surface area contributed by atoms with Gasteiger partial charge in [-0.2, -0.15) is 5.10 Å². The lowest BCUT2D eigenvalue weighted by molar-refractivity contribution is 0.496. The van der Waals surface area contributed by atoms with Crippen molar-refractivity contribution in [1.82, 2.24) is 9.78 Å². The molecule has 1 aromatic carbocycles. The molecule has 114 valence electrons. The summed E-state index contributed by atoms with van der Waals surface area (Å²) in [7, 11) is -2.82. The van der Waals surface area contributed by atoms with Crippen molar-refractivity contribution in [3.63, 3.8) is 0 Å².